The number of aromatic nitrogens is 4. The van der Waals surface area contributed by atoms with Crippen molar-refractivity contribution >= 4 is 22.1 Å². The Morgan fingerprint density at radius 3 is 2.52 bits per heavy atom. The lowest BCUT2D eigenvalue weighted by molar-refractivity contribution is 0.130. The minimum Gasteiger partial charge on any atom is -0.393 e. The maximum Gasteiger partial charge on any atom is 0.118 e. The van der Waals surface area contributed by atoms with Crippen LogP contribution in [0.3, 0.4) is 0 Å². The normalized spacial score (nSPS) is 14.6. The molecule has 120 valence electrons. The number of aliphatic hydroxyl groups is 1. The summed E-state index contributed by atoms with van der Waals surface area (Å²) in [5, 5.41) is 8.91. The van der Waals surface area contributed by atoms with Crippen molar-refractivity contribution in [3.05, 3.63) is 30.4 Å². The Hall–Kier alpha value is -2.45. The highest BCUT2D eigenvalue weighted by molar-refractivity contribution is 5.98. The van der Waals surface area contributed by atoms with E-state index in [-0.39, 0.29) is 6.10 Å². The van der Waals surface area contributed by atoms with Gasteiger partial charge in [0.1, 0.15) is 16.9 Å². The SMILES string of the molecule is C#C.Cc1nc2c(cnc3cccnc32)[nH]1.OC1CCCCC1. The number of nitrogens with one attached hydrogen (secondary N) is 1. The molecule has 0 radical (unpaired) electrons. The van der Waals surface area contributed by atoms with E-state index >= 15 is 0 Å². The molecule has 0 aliphatic heterocycles. The third-order valence-electron chi connectivity index (χ3n) is 3.77. The minimum absolute atomic E-state index is 0.0359. The van der Waals surface area contributed by atoms with Crippen LogP contribution in [0.15, 0.2) is 24.5 Å². The van der Waals surface area contributed by atoms with Gasteiger partial charge in [-0.25, -0.2) is 4.98 Å². The van der Waals surface area contributed by atoms with Crippen LogP contribution in [0.1, 0.15) is 37.9 Å². The highest BCUT2D eigenvalue weighted by Crippen LogP contribution is 2.18. The summed E-state index contributed by atoms with van der Waals surface area (Å²) in [6.45, 7) is 1.93. The second kappa shape index (κ2) is 8.25. The number of terminal acetylenes is 1. The van der Waals surface area contributed by atoms with Crippen LogP contribution in [0, 0.1) is 19.8 Å². The minimum atomic E-state index is 0.0359. The topological polar surface area (TPSA) is 74.7 Å². The number of aromatic amines is 1. The number of H-pyrrole nitrogens is 1. The van der Waals surface area contributed by atoms with E-state index in [0.29, 0.717) is 0 Å². The first kappa shape index (κ1) is 16.9. The summed E-state index contributed by atoms with van der Waals surface area (Å²) in [6, 6.07) is 3.81. The van der Waals surface area contributed by atoms with Crippen LogP contribution >= 0.6 is 0 Å². The van der Waals surface area contributed by atoms with Gasteiger partial charge in [0.05, 0.1) is 23.3 Å². The van der Waals surface area contributed by atoms with Gasteiger partial charge in [-0.05, 0) is 31.9 Å². The zero-order chi connectivity index (χ0) is 16.7. The fourth-order valence-corrected chi connectivity index (χ4v) is 2.68. The van der Waals surface area contributed by atoms with E-state index < -0.39 is 0 Å². The Morgan fingerprint density at radius 1 is 1.13 bits per heavy atom. The lowest BCUT2D eigenvalue weighted by Crippen LogP contribution is -2.09. The van der Waals surface area contributed by atoms with Gasteiger partial charge < -0.3 is 10.1 Å². The number of aryl methyl sites for hydroxylation is 1. The summed E-state index contributed by atoms with van der Waals surface area (Å²) < 4.78 is 0. The Morgan fingerprint density at radius 2 is 1.87 bits per heavy atom. The molecule has 23 heavy (non-hydrogen) atoms. The molecule has 1 fully saturated rings. The molecule has 1 saturated carbocycles. The molecule has 1 aliphatic carbocycles. The van der Waals surface area contributed by atoms with Crippen LogP contribution in [-0.4, -0.2) is 31.1 Å². The standard InChI is InChI=1S/C10H8N4.C6H12O.C2H2/c1-6-13-8-5-12-7-3-2-4-11-9(7)10(8)14-6;7-6-4-2-1-3-5-6;1-2/h2-5H,1H3,(H,13,14);6-7H,1-5H2;1-2H. The molecule has 0 bridgehead atoms. The zero-order valence-electron chi connectivity index (χ0n) is 13.4. The summed E-state index contributed by atoms with van der Waals surface area (Å²) in [6.07, 6.45) is 17.5. The average molecular weight is 310 g/mol. The van der Waals surface area contributed by atoms with E-state index in [2.05, 4.69) is 32.8 Å². The van der Waals surface area contributed by atoms with Crippen LogP contribution in [0.25, 0.3) is 22.1 Å². The van der Waals surface area contributed by atoms with Crippen LogP contribution in [0.4, 0.5) is 0 Å². The van der Waals surface area contributed by atoms with Gasteiger partial charge >= 0.3 is 0 Å². The molecule has 0 spiro atoms. The monoisotopic (exact) mass is 310 g/mol. The molecular weight excluding hydrogens is 288 g/mol. The Labute approximate surface area is 136 Å². The van der Waals surface area contributed by atoms with Gasteiger partial charge in [0.15, 0.2) is 0 Å². The average Bonchev–Trinajstić information content (AvgIpc) is 2.99. The number of hydrogen-bond acceptors (Lipinski definition) is 4. The molecular formula is C18H22N4O. The van der Waals surface area contributed by atoms with Crippen molar-refractivity contribution in [3.63, 3.8) is 0 Å². The van der Waals surface area contributed by atoms with E-state index in [9.17, 15) is 0 Å². The number of aliphatic hydroxyl groups excluding tert-OH is 1. The zero-order valence-corrected chi connectivity index (χ0v) is 13.4. The van der Waals surface area contributed by atoms with E-state index in [4.69, 9.17) is 5.11 Å². The van der Waals surface area contributed by atoms with Crippen molar-refractivity contribution in [2.75, 3.05) is 0 Å². The molecule has 0 unspecified atom stereocenters. The highest BCUT2D eigenvalue weighted by Gasteiger charge is 2.07. The molecule has 0 amide bonds. The number of hydrogen-bond donors (Lipinski definition) is 2. The number of rotatable bonds is 0. The fraction of sp³-hybridized carbons (Fsp3) is 0.389. The molecule has 3 aromatic heterocycles. The maximum atomic E-state index is 8.91. The summed E-state index contributed by atoms with van der Waals surface area (Å²) >= 11 is 0. The molecule has 5 heteroatoms. The lowest BCUT2D eigenvalue weighted by Gasteiger charge is -2.14. The molecule has 3 heterocycles. The third kappa shape index (κ3) is 4.27. The second-order valence-corrected chi connectivity index (χ2v) is 5.51. The molecule has 5 nitrogen and oxygen atoms in total. The van der Waals surface area contributed by atoms with Gasteiger partial charge in [0.25, 0.3) is 0 Å². The van der Waals surface area contributed by atoms with Crippen LogP contribution in [0.2, 0.25) is 0 Å². The summed E-state index contributed by atoms with van der Waals surface area (Å²) in [4.78, 5) is 16.1. The smallest absolute Gasteiger partial charge is 0.118 e. The molecule has 4 rings (SSSR count). The van der Waals surface area contributed by atoms with E-state index in [1.807, 2.05) is 19.1 Å². The number of imidazole rings is 1. The quantitative estimate of drug-likeness (QED) is 0.624. The number of nitrogens with zero attached hydrogens (tertiary/aromatic N) is 3. The van der Waals surface area contributed by atoms with Gasteiger partial charge in [-0.15, -0.1) is 12.8 Å². The van der Waals surface area contributed by atoms with E-state index in [1.165, 1.54) is 19.3 Å². The van der Waals surface area contributed by atoms with Gasteiger partial charge in [-0.3, -0.25) is 9.97 Å². The van der Waals surface area contributed by atoms with Crippen LogP contribution < -0.4 is 0 Å². The predicted octanol–water partition coefficient (Wildman–Crippen LogP) is 3.38. The van der Waals surface area contributed by atoms with Crippen LogP contribution in [-0.2, 0) is 0 Å². The molecule has 0 saturated heterocycles. The highest BCUT2D eigenvalue weighted by atomic mass is 16.3. The van der Waals surface area contributed by atoms with Crippen molar-refractivity contribution in [2.45, 2.75) is 45.1 Å². The first-order valence-corrected chi connectivity index (χ1v) is 7.81. The maximum absolute atomic E-state index is 8.91. The number of fused-ring (bicyclic) bond motifs is 3. The molecule has 2 N–H and O–H groups in total. The molecule has 0 atom stereocenters. The molecule has 1 aliphatic rings. The first-order chi connectivity index (χ1) is 11.2. The van der Waals surface area contributed by atoms with Crippen molar-refractivity contribution in [3.8, 4) is 12.8 Å². The lowest BCUT2D eigenvalue weighted by atomic mass is 9.98. The van der Waals surface area contributed by atoms with Gasteiger partial charge in [-0.1, -0.05) is 19.3 Å². The van der Waals surface area contributed by atoms with Gasteiger partial charge in [0.2, 0.25) is 0 Å². The van der Waals surface area contributed by atoms with E-state index in [0.717, 1.165) is 40.7 Å². The third-order valence-corrected chi connectivity index (χ3v) is 3.77. The predicted molar refractivity (Wildman–Crippen MR) is 92.9 cm³/mol. The van der Waals surface area contributed by atoms with Crippen molar-refractivity contribution in [1.82, 2.24) is 19.9 Å². The van der Waals surface area contributed by atoms with Crippen molar-refractivity contribution in [1.29, 1.82) is 0 Å². The van der Waals surface area contributed by atoms with Gasteiger partial charge in [0, 0.05) is 6.20 Å². The largest absolute Gasteiger partial charge is 0.393 e. The Balaban J connectivity index is 0.000000181. The first-order valence-electron chi connectivity index (χ1n) is 7.81. The Kier molecular flexibility index (Phi) is 6.07. The fourth-order valence-electron chi connectivity index (χ4n) is 2.68. The summed E-state index contributed by atoms with van der Waals surface area (Å²) in [5.41, 5.74) is 3.57. The van der Waals surface area contributed by atoms with Crippen molar-refractivity contribution in [2.24, 2.45) is 0 Å². The van der Waals surface area contributed by atoms with E-state index in [1.54, 1.807) is 12.4 Å². The van der Waals surface area contributed by atoms with Gasteiger partial charge in [-0.2, -0.15) is 0 Å². The number of pyridine rings is 2. The van der Waals surface area contributed by atoms with Crippen LogP contribution in [0.5, 0.6) is 0 Å². The molecule has 0 aromatic carbocycles. The second-order valence-electron chi connectivity index (χ2n) is 5.51. The van der Waals surface area contributed by atoms with Crippen molar-refractivity contribution < 1.29 is 5.11 Å². The summed E-state index contributed by atoms with van der Waals surface area (Å²) in [5.74, 6) is 0.889. The summed E-state index contributed by atoms with van der Waals surface area (Å²) in [7, 11) is 0. The Bertz CT molecular complexity index is 772. The molecule has 3 aromatic rings.